The highest BCUT2D eigenvalue weighted by Crippen LogP contribution is 2.51. The van der Waals surface area contributed by atoms with Gasteiger partial charge in [0.25, 0.3) is 0 Å². The number of amides is 1. The van der Waals surface area contributed by atoms with Crippen LogP contribution in [0.2, 0.25) is 0 Å². The molecule has 0 spiro atoms. The highest BCUT2D eigenvalue weighted by molar-refractivity contribution is 6.01. The van der Waals surface area contributed by atoms with Gasteiger partial charge in [-0.3, -0.25) is 4.79 Å². The molecule has 1 aromatic heterocycles. The Morgan fingerprint density at radius 1 is 1.00 bits per heavy atom. The molecule has 1 aliphatic carbocycles. The quantitative estimate of drug-likeness (QED) is 0.735. The Morgan fingerprint density at radius 3 is 2.57 bits per heavy atom. The first kappa shape index (κ1) is 16.8. The summed E-state index contributed by atoms with van der Waals surface area (Å²) in [6, 6.07) is 19.6. The van der Waals surface area contributed by atoms with Crippen LogP contribution in [0.25, 0.3) is 11.3 Å². The van der Waals surface area contributed by atoms with E-state index in [2.05, 4.69) is 29.4 Å². The Hall–Kier alpha value is -3.34. The summed E-state index contributed by atoms with van der Waals surface area (Å²) >= 11 is 0. The maximum absolute atomic E-state index is 13.1. The Morgan fingerprint density at radius 2 is 1.79 bits per heavy atom. The summed E-state index contributed by atoms with van der Waals surface area (Å²) in [5.74, 6) is 1.97. The fourth-order valence-electron chi connectivity index (χ4n) is 3.59. The maximum Gasteiger partial charge on any atom is 0.236 e. The molecule has 140 valence electrons. The van der Waals surface area contributed by atoms with Crippen molar-refractivity contribution in [2.45, 2.75) is 25.2 Å². The van der Waals surface area contributed by atoms with Gasteiger partial charge in [-0.25, -0.2) is 4.98 Å². The zero-order chi connectivity index (χ0) is 19.1. The van der Waals surface area contributed by atoms with E-state index in [1.165, 1.54) is 5.56 Å². The number of fused-ring (bicyclic) bond motifs is 1. The lowest BCUT2D eigenvalue weighted by Gasteiger charge is -2.16. The molecule has 1 saturated carbocycles. The molecule has 5 nitrogen and oxygen atoms in total. The number of nitrogens with one attached hydrogen (secondary N) is 1. The number of hydrogen-bond donors (Lipinski definition) is 1. The van der Waals surface area contributed by atoms with Crippen molar-refractivity contribution in [2.24, 2.45) is 0 Å². The second kappa shape index (κ2) is 6.37. The Balaban J connectivity index is 1.38. The van der Waals surface area contributed by atoms with Crippen LogP contribution in [-0.2, 0) is 10.2 Å². The molecule has 0 radical (unpaired) electrons. The first-order valence-electron chi connectivity index (χ1n) is 9.40. The molecule has 1 fully saturated rings. The highest BCUT2D eigenvalue weighted by atomic mass is 16.7. The average Bonchev–Trinajstić information content (AvgIpc) is 3.40. The van der Waals surface area contributed by atoms with Gasteiger partial charge in [-0.1, -0.05) is 42.0 Å². The molecule has 1 aliphatic heterocycles. The van der Waals surface area contributed by atoms with E-state index in [1.54, 1.807) is 0 Å². The molecule has 5 heteroatoms. The molecule has 28 heavy (non-hydrogen) atoms. The third-order valence-electron chi connectivity index (χ3n) is 5.45. The zero-order valence-corrected chi connectivity index (χ0v) is 15.6. The number of aryl methyl sites for hydroxylation is 1. The first-order chi connectivity index (χ1) is 13.6. The highest BCUT2D eigenvalue weighted by Gasteiger charge is 2.51. The minimum atomic E-state index is -0.511. The third-order valence-corrected chi connectivity index (χ3v) is 5.45. The normalized spacial score (nSPS) is 15.9. The van der Waals surface area contributed by atoms with Crippen molar-refractivity contribution in [1.82, 2.24) is 4.98 Å². The molecule has 2 heterocycles. The van der Waals surface area contributed by atoms with Crippen molar-refractivity contribution in [3.8, 4) is 22.8 Å². The smallest absolute Gasteiger partial charge is 0.236 e. The molecule has 2 aliphatic rings. The summed E-state index contributed by atoms with van der Waals surface area (Å²) in [6.07, 6.45) is 1.63. The lowest BCUT2D eigenvalue weighted by Crippen LogP contribution is -2.28. The lowest BCUT2D eigenvalue weighted by molar-refractivity contribution is -0.118. The number of hydrogen-bond acceptors (Lipinski definition) is 4. The van der Waals surface area contributed by atoms with Crippen molar-refractivity contribution in [3.05, 3.63) is 71.8 Å². The number of carbonyl (C=O) groups excluding carboxylic acids is 1. The summed E-state index contributed by atoms with van der Waals surface area (Å²) in [6.45, 7) is 2.28. The summed E-state index contributed by atoms with van der Waals surface area (Å²) in [5, 5.41) is 3.01. The van der Waals surface area contributed by atoms with E-state index in [1.807, 2.05) is 48.5 Å². The van der Waals surface area contributed by atoms with Crippen LogP contribution in [0.4, 0.5) is 5.82 Å². The summed E-state index contributed by atoms with van der Waals surface area (Å²) in [7, 11) is 0. The van der Waals surface area contributed by atoms with Crippen LogP contribution in [0.3, 0.4) is 0 Å². The predicted octanol–water partition coefficient (Wildman–Crippen LogP) is 4.46. The number of rotatable bonds is 4. The molecule has 2 aromatic carbocycles. The minimum absolute atomic E-state index is 0.0279. The van der Waals surface area contributed by atoms with Gasteiger partial charge in [-0.2, -0.15) is 0 Å². The first-order valence-corrected chi connectivity index (χ1v) is 9.40. The number of anilines is 1. The summed E-state index contributed by atoms with van der Waals surface area (Å²) in [4.78, 5) is 17.7. The molecule has 3 aromatic rings. The minimum Gasteiger partial charge on any atom is -0.454 e. The van der Waals surface area contributed by atoms with Gasteiger partial charge in [-0.15, -0.1) is 0 Å². The van der Waals surface area contributed by atoms with E-state index in [0.717, 1.165) is 35.4 Å². The topological polar surface area (TPSA) is 60.5 Å². The molecule has 0 atom stereocenters. The van der Waals surface area contributed by atoms with Crippen LogP contribution in [0.1, 0.15) is 24.0 Å². The molecular formula is C23H20N2O3. The van der Waals surface area contributed by atoms with Crippen LogP contribution < -0.4 is 14.8 Å². The van der Waals surface area contributed by atoms with Gasteiger partial charge >= 0.3 is 0 Å². The van der Waals surface area contributed by atoms with Gasteiger partial charge in [0.2, 0.25) is 12.7 Å². The van der Waals surface area contributed by atoms with Gasteiger partial charge < -0.3 is 14.8 Å². The van der Waals surface area contributed by atoms with Crippen molar-refractivity contribution in [3.63, 3.8) is 0 Å². The SMILES string of the molecule is Cc1ccc(-c2cccc(NC(=O)C3(c4ccc5c(c4)OCO5)CC3)n2)cc1. The molecule has 1 amide bonds. The van der Waals surface area contributed by atoms with Crippen LogP contribution >= 0.6 is 0 Å². The van der Waals surface area contributed by atoms with Crippen molar-refractivity contribution >= 4 is 11.7 Å². The molecule has 0 bridgehead atoms. The number of carbonyl (C=O) groups is 1. The molecule has 1 N–H and O–H groups in total. The van der Waals surface area contributed by atoms with Gasteiger partial charge in [0.1, 0.15) is 5.82 Å². The van der Waals surface area contributed by atoms with E-state index in [9.17, 15) is 4.79 Å². The second-order valence-corrected chi connectivity index (χ2v) is 7.38. The zero-order valence-electron chi connectivity index (χ0n) is 15.6. The monoisotopic (exact) mass is 372 g/mol. The van der Waals surface area contributed by atoms with E-state index >= 15 is 0 Å². The van der Waals surface area contributed by atoms with Crippen LogP contribution in [0.5, 0.6) is 11.5 Å². The maximum atomic E-state index is 13.1. The number of pyridine rings is 1. The van der Waals surface area contributed by atoms with E-state index < -0.39 is 5.41 Å². The number of benzene rings is 2. The van der Waals surface area contributed by atoms with Crippen LogP contribution in [0, 0.1) is 6.92 Å². The molecule has 0 unspecified atom stereocenters. The average molecular weight is 372 g/mol. The van der Waals surface area contributed by atoms with Gasteiger partial charge in [0, 0.05) is 5.56 Å². The van der Waals surface area contributed by atoms with Crippen molar-refractivity contribution in [1.29, 1.82) is 0 Å². The Kier molecular flexibility index (Phi) is 3.83. The Labute approximate surface area is 163 Å². The van der Waals surface area contributed by atoms with Crippen LogP contribution in [0.15, 0.2) is 60.7 Å². The van der Waals surface area contributed by atoms with Gasteiger partial charge in [-0.05, 0) is 49.6 Å². The van der Waals surface area contributed by atoms with Crippen LogP contribution in [-0.4, -0.2) is 17.7 Å². The number of ether oxygens (including phenoxy) is 2. The summed E-state index contributed by atoms with van der Waals surface area (Å²) in [5.41, 5.74) is 3.52. The molecule has 5 rings (SSSR count). The number of nitrogens with zero attached hydrogens (tertiary/aromatic N) is 1. The fraction of sp³-hybridized carbons (Fsp3) is 0.217. The standard InChI is InChI=1S/C23H20N2O3/c1-15-5-7-16(8-6-15)18-3-2-4-21(24-18)25-22(26)23(11-12-23)17-9-10-19-20(13-17)28-14-27-19/h2-10,13H,11-12,14H2,1H3,(H,24,25,26). The van der Waals surface area contributed by atoms with E-state index in [4.69, 9.17) is 9.47 Å². The van der Waals surface area contributed by atoms with E-state index in [0.29, 0.717) is 11.6 Å². The Bertz CT molecular complexity index is 1060. The largest absolute Gasteiger partial charge is 0.454 e. The van der Waals surface area contributed by atoms with Crippen molar-refractivity contribution < 1.29 is 14.3 Å². The molecular weight excluding hydrogens is 352 g/mol. The van der Waals surface area contributed by atoms with Gasteiger partial charge in [0.05, 0.1) is 11.1 Å². The second-order valence-electron chi connectivity index (χ2n) is 7.38. The summed E-state index contributed by atoms with van der Waals surface area (Å²) < 4.78 is 10.8. The number of aromatic nitrogens is 1. The lowest BCUT2D eigenvalue weighted by atomic mass is 9.94. The van der Waals surface area contributed by atoms with E-state index in [-0.39, 0.29) is 12.7 Å². The third kappa shape index (κ3) is 2.89. The molecule has 0 saturated heterocycles. The van der Waals surface area contributed by atoms with Gasteiger partial charge in [0.15, 0.2) is 11.5 Å². The predicted molar refractivity (Wildman–Crippen MR) is 107 cm³/mol. The van der Waals surface area contributed by atoms with Crippen molar-refractivity contribution in [2.75, 3.05) is 12.1 Å². The fourth-order valence-corrected chi connectivity index (χ4v) is 3.59.